The highest BCUT2D eigenvalue weighted by Crippen LogP contribution is 2.42. The lowest BCUT2D eigenvalue weighted by atomic mass is 9.81. The lowest BCUT2D eigenvalue weighted by Gasteiger charge is -2.37. The predicted molar refractivity (Wildman–Crippen MR) is 131 cm³/mol. The number of hydrogen-bond donors (Lipinski definition) is 0. The molecule has 6 heteroatoms. The van der Waals surface area contributed by atoms with Gasteiger partial charge in [0.1, 0.15) is 11.3 Å². The van der Waals surface area contributed by atoms with E-state index >= 15 is 0 Å². The zero-order chi connectivity index (χ0) is 24.8. The standard InChI is InChI=1S/C27H47NO5/c1-9-31-24(29)16-15-21(19(2)3)18-23-22(17-20-13-11-10-12-14-20)28(27(7,8)32-23)25(30)33-26(4,5)6/h15-16,19-23H,9-14,17-18H2,1-8H3/t21-,22-,23-/m0/s1. The topological polar surface area (TPSA) is 65.1 Å². The van der Waals surface area contributed by atoms with Crippen molar-refractivity contribution in [2.45, 2.75) is 124 Å². The van der Waals surface area contributed by atoms with E-state index in [1.807, 2.05) is 45.6 Å². The molecule has 2 fully saturated rings. The molecule has 2 rings (SSSR count). The Kier molecular flexibility index (Phi) is 9.83. The summed E-state index contributed by atoms with van der Waals surface area (Å²) < 4.78 is 17.4. The molecule has 1 saturated heterocycles. The molecule has 1 aliphatic heterocycles. The van der Waals surface area contributed by atoms with Crippen LogP contribution in [0, 0.1) is 17.8 Å². The number of esters is 1. The van der Waals surface area contributed by atoms with Gasteiger partial charge in [0.05, 0.1) is 18.8 Å². The Hall–Kier alpha value is -1.56. The number of ether oxygens (including phenoxy) is 3. The highest BCUT2D eigenvalue weighted by molar-refractivity contribution is 5.81. The predicted octanol–water partition coefficient (Wildman–Crippen LogP) is 6.48. The number of nitrogens with zero attached hydrogens (tertiary/aromatic N) is 1. The molecule has 6 nitrogen and oxygen atoms in total. The molecule has 0 aromatic carbocycles. The van der Waals surface area contributed by atoms with Crippen LogP contribution >= 0.6 is 0 Å². The molecule has 0 aromatic rings. The van der Waals surface area contributed by atoms with Crippen LogP contribution in [0.15, 0.2) is 12.2 Å². The smallest absolute Gasteiger partial charge is 0.412 e. The van der Waals surface area contributed by atoms with E-state index in [4.69, 9.17) is 14.2 Å². The summed E-state index contributed by atoms with van der Waals surface area (Å²) >= 11 is 0. The van der Waals surface area contributed by atoms with Gasteiger partial charge in [0.2, 0.25) is 0 Å². The highest BCUT2D eigenvalue weighted by atomic mass is 16.6. The summed E-state index contributed by atoms with van der Waals surface area (Å²) in [6, 6.07) is -0.0461. The van der Waals surface area contributed by atoms with E-state index in [-0.39, 0.29) is 30.1 Å². The van der Waals surface area contributed by atoms with Gasteiger partial charge in [-0.15, -0.1) is 0 Å². The number of carbonyl (C=O) groups is 2. The molecule has 190 valence electrons. The third-order valence-electron chi connectivity index (χ3n) is 6.80. The summed E-state index contributed by atoms with van der Waals surface area (Å²) in [6.07, 6.45) is 11.0. The van der Waals surface area contributed by atoms with Crippen LogP contribution in [-0.2, 0) is 19.0 Å². The summed E-state index contributed by atoms with van der Waals surface area (Å²) in [5, 5.41) is 0. The van der Waals surface area contributed by atoms with Gasteiger partial charge in [0.25, 0.3) is 0 Å². The Morgan fingerprint density at radius 3 is 2.33 bits per heavy atom. The number of allylic oxidation sites excluding steroid dienone is 1. The van der Waals surface area contributed by atoms with Gasteiger partial charge in [-0.3, -0.25) is 4.90 Å². The van der Waals surface area contributed by atoms with Gasteiger partial charge >= 0.3 is 12.1 Å². The van der Waals surface area contributed by atoms with E-state index in [9.17, 15) is 9.59 Å². The summed E-state index contributed by atoms with van der Waals surface area (Å²) in [4.78, 5) is 27.1. The Labute approximate surface area is 201 Å². The summed E-state index contributed by atoms with van der Waals surface area (Å²) in [5.41, 5.74) is -1.32. The van der Waals surface area contributed by atoms with Crippen LogP contribution < -0.4 is 0 Å². The van der Waals surface area contributed by atoms with Gasteiger partial charge in [0, 0.05) is 6.08 Å². The van der Waals surface area contributed by atoms with Gasteiger partial charge in [-0.2, -0.15) is 0 Å². The van der Waals surface area contributed by atoms with Crippen molar-refractivity contribution in [2.24, 2.45) is 17.8 Å². The zero-order valence-corrected chi connectivity index (χ0v) is 22.2. The van der Waals surface area contributed by atoms with Gasteiger partial charge in [0.15, 0.2) is 0 Å². The first-order valence-electron chi connectivity index (χ1n) is 12.9. The van der Waals surface area contributed by atoms with Crippen LogP contribution in [-0.4, -0.2) is 47.0 Å². The van der Waals surface area contributed by atoms with Crippen molar-refractivity contribution in [3.63, 3.8) is 0 Å². The molecule has 2 aliphatic rings. The third-order valence-corrected chi connectivity index (χ3v) is 6.80. The molecule has 0 N–H and O–H groups in total. The van der Waals surface area contributed by atoms with E-state index in [0.717, 1.165) is 12.8 Å². The number of carbonyl (C=O) groups excluding carboxylic acids is 2. The second-order valence-electron chi connectivity index (χ2n) is 11.5. The van der Waals surface area contributed by atoms with Gasteiger partial charge in [-0.25, -0.2) is 9.59 Å². The van der Waals surface area contributed by atoms with Crippen LogP contribution in [0.1, 0.15) is 100 Å². The van der Waals surface area contributed by atoms with Gasteiger partial charge in [-0.05, 0) is 72.1 Å². The summed E-state index contributed by atoms with van der Waals surface area (Å²) in [7, 11) is 0. The molecule has 1 aliphatic carbocycles. The maximum Gasteiger partial charge on any atom is 0.412 e. The molecule has 1 saturated carbocycles. The monoisotopic (exact) mass is 465 g/mol. The minimum Gasteiger partial charge on any atom is -0.463 e. The minimum absolute atomic E-state index is 0.0461. The van der Waals surface area contributed by atoms with E-state index in [1.54, 1.807) is 6.92 Å². The first kappa shape index (κ1) is 27.7. The molecule has 3 atom stereocenters. The second kappa shape index (κ2) is 11.7. The van der Waals surface area contributed by atoms with Crippen LogP contribution in [0.5, 0.6) is 0 Å². The van der Waals surface area contributed by atoms with Gasteiger partial charge in [-0.1, -0.05) is 52.0 Å². The molecule has 0 aromatic heterocycles. The Balaban J connectivity index is 2.28. The van der Waals surface area contributed by atoms with Crippen molar-refractivity contribution in [1.82, 2.24) is 4.90 Å². The lowest BCUT2D eigenvalue weighted by Crippen LogP contribution is -2.51. The van der Waals surface area contributed by atoms with E-state index in [2.05, 4.69) is 13.8 Å². The number of hydrogen-bond acceptors (Lipinski definition) is 5. The largest absolute Gasteiger partial charge is 0.463 e. The summed E-state index contributed by atoms with van der Waals surface area (Å²) in [6.45, 7) is 16.1. The molecule has 0 bridgehead atoms. The normalized spacial score (nSPS) is 24.9. The fraction of sp³-hybridized carbons (Fsp3) is 0.852. The van der Waals surface area contributed by atoms with Crippen molar-refractivity contribution in [3.8, 4) is 0 Å². The molecule has 0 spiro atoms. The Bertz CT molecular complexity index is 672. The van der Waals surface area contributed by atoms with Crippen LogP contribution in [0.25, 0.3) is 0 Å². The fourth-order valence-corrected chi connectivity index (χ4v) is 5.20. The maximum absolute atomic E-state index is 13.3. The fourth-order valence-electron chi connectivity index (χ4n) is 5.20. The molecule has 0 radical (unpaired) electrons. The van der Waals surface area contributed by atoms with E-state index < -0.39 is 11.3 Å². The first-order chi connectivity index (χ1) is 15.3. The number of amides is 1. The second-order valence-corrected chi connectivity index (χ2v) is 11.5. The molecular weight excluding hydrogens is 418 g/mol. The lowest BCUT2D eigenvalue weighted by molar-refractivity contribution is -0.137. The highest BCUT2D eigenvalue weighted by Gasteiger charge is 2.51. The molecular formula is C27H47NO5. The van der Waals surface area contributed by atoms with Crippen molar-refractivity contribution in [1.29, 1.82) is 0 Å². The third kappa shape index (κ3) is 8.31. The maximum atomic E-state index is 13.3. The minimum atomic E-state index is -0.751. The Morgan fingerprint density at radius 2 is 1.79 bits per heavy atom. The number of rotatable bonds is 8. The quantitative estimate of drug-likeness (QED) is 0.303. The SMILES string of the molecule is CCOC(=O)C=C[C@@H](C[C@@H]1OC(C)(C)N(C(=O)OC(C)(C)C)[C@H]1CC1CCCCC1)C(C)C. The molecule has 1 amide bonds. The van der Waals surface area contributed by atoms with Crippen molar-refractivity contribution >= 4 is 12.1 Å². The van der Waals surface area contributed by atoms with Crippen LogP contribution in [0.4, 0.5) is 4.79 Å². The molecule has 1 heterocycles. The van der Waals surface area contributed by atoms with E-state index in [0.29, 0.717) is 18.4 Å². The average molecular weight is 466 g/mol. The van der Waals surface area contributed by atoms with Crippen LogP contribution in [0.3, 0.4) is 0 Å². The first-order valence-corrected chi connectivity index (χ1v) is 12.9. The van der Waals surface area contributed by atoms with Crippen LogP contribution in [0.2, 0.25) is 0 Å². The van der Waals surface area contributed by atoms with E-state index in [1.165, 1.54) is 38.2 Å². The molecule has 0 unspecified atom stereocenters. The van der Waals surface area contributed by atoms with Gasteiger partial charge < -0.3 is 14.2 Å². The van der Waals surface area contributed by atoms with Crippen molar-refractivity contribution in [3.05, 3.63) is 12.2 Å². The van der Waals surface area contributed by atoms with Crippen molar-refractivity contribution < 1.29 is 23.8 Å². The Morgan fingerprint density at radius 1 is 1.15 bits per heavy atom. The summed E-state index contributed by atoms with van der Waals surface area (Å²) in [5.74, 6) is 0.752. The molecule has 33 heavy (non-hydrogen) atoms. The van der Waals surface area contributed by atoms with Crippen molar-refractivity contribution in [2.75, 3.05) is 6.61 Å². The average Bonchev–Trinajstić information content (AvgIpc) is 2.93. The zero-order valence-electron chi connectivity index (χ0n) is 22.2.